The third kappa shape index (κ3) is 110. The van der Waals surface area contributed by atoms with Crippen molar-refractivity contribution < 1.29 is 58.5 Å². The van der Waals surface area contributed by atoms with Crippen LogP contribution in [0.15, 0.2) is 6.58 Å². The first-order valence-electron chi connectivity index (χ1n) is 1.90. The van der Waals surface area contributed by atoms with Gasteiger partial charge in [-0.05, 0) is 7.11 Å². The van der Waals surface area contributed by atoms with E-state index in [1.807, 2.05) is 0 Å². The molecule has 0 unspecified atom stereocenters. The largest absolute Gasteiger partial charge is 2.00 e. The second-order valence-corrected chi connectivity index (χ2v) is 0.789. The van der Waals surface area contributed by atoms with Crippen molar-refractivity contribution in [3.63, 3.8) is 0 Å². The molecule has 0 aliphatic heterocycles. The maximum Gasteiger partial charge on any atom is 2.00 e. The zero-order chi connectivity index (χ0) is 6.12. The molecule has 0 fully saturated rings. The summed E-state index contributed by atoms with van der Waals surface area (Å²) in [7, 11) is 4.50. The summed E-state index contributed by atoms with van der Waals surface area (Å²) in [5, 5.41) is 0. The molecule has 0 heterocycles. The quantitative estimate of drug-likeness (QED) is 0.627. The van der Waals surface area contributed by atoms with E-state index in [1.165, 1.54) is 7.11 Å². The summed E-state index contributed by atoms with van der Waals surface area (Å²) < 4.78 is 4.00. The summed E-state index contributed by atoms with van der Waals surface area (Å²) in [5.74, 6) is 0. The predicted octanol–water partition coefficient (Wildman–Crippen LogP) is 2.07. The van der Waals surface area contributed by atoms with Gasteiger partial charge in [0.2, 0.25) is 0 Å². The molecule has 0 aliphatic carbocycles. The Labute approximate surface area is 105 Å². The van der Waals surface area contributed by atoms with Crippen LogP contribution >= 0.6 is 0 Å². The Morgan fingerprint density at radius 1 is 1.60 bits per heavy atom. The third-order valence-corrected chi connectivity index (χ3v) is 0.177. The number of allylic oxidation sites excluding steroid dienone is 1. The molecule has 59 valence electrons. The van der Waals surface area contributed by atoms with Crippen LogP contribution in [-0.2, 0) is 58.5 Å². The van der Waals surface area contributed by atoms with Crippen LogP contribution in [0.4, 0.5) is 0 Å². The van der Waals surface area contributed by atoms with Gasteiger partial charge in [0.05, 0.1) is 0 Å². The normalized spacial score (nSPS) is 4.30. The molecule has 0 amide bonds. The molecule has 0 bridgehead atoms. The second-order valence-electron chi connectivity index (χ2n) is 0.789. The average Bonchev–Trinajstić information content (AvgIpc) is 1.69. The van der Waals surface area contributed by atoms with Gasteiger partial charge in [0, 0.05) is 32.7 Å². The maximum absolute atomic E-state index is 4.00. The van der Waals surface area contributed by atoms with E-state index in [-0.39, 0.29) is 61.2 Å². The average molecular weight is 387 g/mol. The predicted molar refractivity (Wildman–Crippen MR) is 37.6 cm³/mol. The Morgan fingerprint density at radius 2 is 1.70 bits per heavy atom. The minimum absolute atomic E-state index is 0. The van der Waals surface area contributed by atoms with Gasteiger partial charge in [-0.25, -0.2) is 7.11 Å². The molecule has 0 atom stereocenters. The zero-order valence-electron chi connectivity index (χ0n) is 6.72. The Kier molecular flexibility index (Phi) is 141. The third-order valence-electron chi connectivity index (χ3n) is 0.177. The van der Waals surface area contributed by atoms with Gasteiger partial charge in [0.1, 0.15) is 0 Å². The molecular weight excluding hydrogens is 373 g/mol. The van der Waals surface area contributed by atoms with Crippen molar-refractivity contribution in [2.45, 2.75) is 6.42 Å². The van der Waals surface area contributed by atoms with Crippen LogP contribution in [-0.4, -0.2) is 7.11 Å². The van der Waals surface area contributed by atoms with Gasteiger partial charge >= 0.3 is 21.1 Å². The molecule has 0 N–H and O–H groups in total. The summed E-state index contributed by atoms with van der Waals surface area (Å²) >= 11 is 0. The van der Waals surface area contributed by atoms with Crippen molar-refractivity contribution in [3.05, 3.63) is 34.1 Å². The monoisotopic (exact) mass is 387 g/mol. The molecule has 3 heteroatoms. The van der Waals surface area contributed by atoms with Crippen LogP contribution in [0.2, 0.25) is 0 Å². The molecule has 1 nitrogen and oxygen atoms in total. The number of rotatable bonds is 1. The van der Waals surface area contributed by atoms with E-state index in [9.17, 15) is 0 Å². The summed E-state index contributed by atoms with van der Waals surface area (Å²) in [6.07, 6.45) is 3.28. The first kappa shape index (κ1) is 30.0. The van der Waals surface area contributed by atoms with E-state index in [2.05, 4.69) is 31.4 Å². The van der Waals surface area contributed by atoms with Gasteiger partial charge in [-0.15, -0.1) is 0 Å². The van der Waals surface area contributed by atoms with E-state index in [4.69, 9.17) is 0 Å². The van der Waals surface area contributed by atoms with Crippen molar-refractivity contribution in [1.29, 1.82) is 0 Å². The number of hydrogen-bond donors (Lipinski definition) is 0. The number of ether oxygens (including phenoxy) is 1. The van der Waals surface area contributed by atoms with Crippen LogP contribution in [0, 0.1) is 27.5 Å². The van der Waals surface area contributed by atoms with Crippen molar-refractivity contribution in [3.8, 4) is 0 Å². The molecule has 10 heavy (non-hydrogen) atoms. The van der Waals surface area contributed by atoms with E-state index >= 15 is 0 Å². The van der Waals surface area contributed by atoms with Gasteiger partial charge in [-0.1, -0.05) is 0 Å². The standard InChI is InChI=1S/C4H6.C2H5O.CH3.W.Y/c1-3-4-2;1-3-2;;;/h1-3H2;1H2,2H3;1H3;;/q-2;2*-1;+2;. The molecule has 0 aromatic heterocycles. The zero-order valence-corrected chi connectivity index (χ0v) is 12.5. The van der Waals surface area contributed by atoms with Crippen LogP contribution in [0.25, 0.3) is 0 Å². The van der Waals surface area contributed by atoms with Crippen molar-refractivity contribution in [2.24, 2.45) is 0 Å². The first-order valence-corrected chi connectivity index (χ1v) is 1.90. The molecule has 1 radical (unpaired) electrons. The van der Waals surface area contributed by atoms with Crippen LogP contribution in [0.5, 0.6) is 0 Å². The van der Waals surface area contributed by atoms with E-state index in [1.54, 1.807) is 0 Å². The SMILES string of the molecule is C=[C-]C[CH2-].[CH2-]OC.[CH3-].[W+2].[Y]. The fraction of sp³-hybridized carbons (Fsp3) is 0.286. The maximum atomic E-state index is 4.00. The van der Waals surface area contributed by atoms with Crippen molar-refractivity contribution in [2.75, 3.05) is 7.11 Å². The van der Waals surface area contributed by atoms with Crippen LogP contribution in [0.1, 0.15) is 6.42 Å². The van der Waals surface area contributed by atoms with Crippen LogP contribution < -0.4 is 0 Å². The van der Waals surface area contributed by atoms with E-state index in [0.29, 0.717) is 6.42 Å². The Balaban J connectivity index is -0.0000000131. The number of hydrogen-bond acceptors (Lipinski definition) is 1. The van der Waals surface area contributed by atoms with Gasteiger partial charge in [0.25, 0.3) is 0 Å². The number of methoxy groups -OCH3 is 1. The molecule has 0 spiro atoms. The molecule has 0 aromatic rings. The topological polar surface area (TPSA) is 9.23 Å². The first-order chi connectivity index (χ1) is 3.33. The Bertz CT molecular complexity index is 34.8. The Hall–Kier alpha value is 1.49. The fourth-order valence-corrected chi connectivity index (χ4v) is 0. The van der Waals surface area contributed by atoms with Crippen molar-refractivity contribution >= 4 is 0 Å². The Morgan fingerprint density at radius 3 is 1.70 bits per heavy atom. The summed E-state index contributed by atoms with van der Waals surface area (Å²) in [6.45, 7) is 6.72. The minimum Gasteiger partial charge on any atom is -0.557 e. The molecule has 0 aromatic carbocycles. The fourth-order valence-electron chi connectivity index (χ4n) is 0. The summed E-state index contributed by atoms with van der Waals surface area (Å²) in [4.78, 5) is 0. The van der Waals surface area contributed by atoms with Crippen LogP contribution in [0.3, 0.4) is 0 Å². The molecular formula is C7H14OWY-2. The van der Waals surface area contributed by atoms with Gasteiger partial charge in [-0.3, -0.25) is 6.58 Å². The molecule has 0 aliphatic rings. The van der Waals surface area contributed by atoms with Gasteiger partial charge in [0.15, 0.2) is 0 Å². The molecule has 0 rings (SSSR count). The van der Waals surface area contributed by atoms with Gasteiger partial charge in [-0.2, -0.15) is 0 Å². The van der Waals surface area contributed by atoms with Gasteiger partial charge < -0.3 is 31.6 Å². The minimum atomic E-state index is 0. The summed E-state index contributed by atoms with van der Waals surface area (Å²) in [6, 6.07) is 0. The second kappa shape index (κ2) is 46.8. The van der Waals surface area contributed by atoms with E-state index in [0.717, 1.165) is 0 Å². The smallest absolute Gasteiger partial charge is 0.557 e. The molecule has 0 saturated carbocycles. The van der Waals surface area contributed by atoms with E-state index < -0.39 is 0 Å². The molecule has 0 saturated heterocycles. The summed E-state index contributed by atoms with van der Waals surface area (Å²) in [5.41, 5.74) is 0. The van der Waals surface area contributed by atoms with Crippen molar-refractivity contribution in [1.82, 2.24) is 0 Å².